The summed E-state index contributed by atoms with van der Waals surface area (Å²) in [6, 6.07) is 0. The average Bonchev–Trinajstić information content (AvgIpc) is 3.05. The molecule has 2 aromatic rings. The Morgan fingerprint density at radius 2 is 2.32 bits per heavy atom. The highest BCUT2D eigenvalue weighted by molar-refractivity contribution is 7.19. The Morgan fingerprint density at radius 3 is 3.05 bits per heavy atom. The highest BCUT2D eigenvalue weighted by Crippen LogP contribution is 2.32. The molecule has 0 spiro atoms. The van der Waals surface area contributed by atoms with Gasteiger partial charge in [0.05, 0.1) is 11.8 Å². The molecule has 0 aliphatic carbocycles. The van der Waals surface area contributed by atoms with Crippen LogP contribution in [0.3, 0.4) is 0 Å². The normalized spacial score (nSPS) is 18.5. The van der Waals surface area contributed by atoms with Gasteiger partial charge in [-0.15, -0.1) is 0 Å². The van der Waals surface area contributed by atoms with Crippen molar-refractivity contribution in [2.75, 3.05) is 23.3 Å². The van der Waals surface area contributed by atoms with Gasteiger partial charge in [0, 0.05) is 20.0 Å². The lowest BCUT2D eigenvalue weighted by molar-refractivity contribution is -0.114. The molecular weight excluding hydrogens is 306 g/mol. The van der Waals surface area contributed by atoms with Crippen molar-refractivity contribution in [3.8, 4) is 10.8 Å². The van der Waals surface area contributed by atoms with E-state index in [1.807, 2.05) is 11.8 Å². The molecular formula is C13H17N5O3S. The number of aliphatic hydroxyl groups is 1. The fourth-order valence-corrected chi connectivity index (χ4v) is 3.31. The minimum absolute atomic E-state index is 0.172. The third-order valence-corrected chi connectivity index (χ3v) is 4.43. The number of hydrogen-bond donors (Lipinski definition) is 2. The van der Waals surface area contributed by atoms with Crippen LogP contribution in [0.25, 0.3) is 10.8 Å². The van der Waals surface area contributed by atoms with E-state index in [9.17, 15) is 9.90 Å². The Kier molecular flexibility index (Phi) is 4.08. The summed E-state index contributed by atoms with van der Waals surface area (Å²) < 4.78 is 5.31. The Bertz CT molecular complexity index is 683. The van der Waals surface area contributed by atoms with Crippen LogP contribution in [0.5, 0.6) is 0 Å². The molecule has 0 bridgehead atoms. The molecule has 0 aromatic carbocycles. The van der Waals surface area contributed by atoms with Crippen molar-refractivity contribution in [3.05, 3.63) is 5.69 Å². The first-order valence-electron chi connectivity index (χ1n) is 7.05. The summed E-state index contributed by atoms with van der Waals surface area (Å²) in [4.78, 5) is 22.4. The summed E-state index contributed by atoms with van der Waals surface area (Å²) in [5.74, 6) is 0.679. The molecule has 0 unspecified atom stereocenters. The van der Waals surface area contributed by atoms with E-state index in [0.29, 0.717) is 23.5 Å². The highest BCUT2D eigenvalue weighted by Gasteiger charge is 2.23. The Balaban J connectivity index is 1.81. The van der Waals surface area contributed by atoms with Crippen molar-refractivity contribution in [2.24, 2.45) is 0 Å². The maximum absolute atomic E-state index is 11.1. The first kappa shape index (κ1) is 14.9. The number of rotatable bonds is 3. The van der Waals surface area contributed by atoms with Crippen LogP contribution in [-0.2, 0) is 4.79 Å². The summed E-state index contributed by atoms with van der Waals surface area (Å²) >= 11 is 1.29. The van der Waals surface area contributed by atoms with Crippen LogP contribution in [0.2, 0.25) is 0 Å². The molecule has 1 fully saturated rings. The van der Waals surface area contributed by atoms with E-state index in [1.54, 1.807) is 0 Å². The van der Waals surface area contributed by atoms with Crippen LogP contribution in [0.15, 0.2) is 4.52 Å². The minimum atomic E-state index is -0.354. The first-order valence-corrected chi connectivity index (χ1v) is 7.86. The zero-order chi connectivity index (χ0) is 15.7. The number of aliphatic hydroxyl groups excluding tert-OH is 1. The average molecular weight is 323 g/mol. The van der Waals surface area contributed by atoms with Gasteiger partial charge in [-0.05, 0) is 24.9 Å². The number of aryl methyl sites for hydroxylation is 1. The van der Waals surface area contributed by atoms with Crippen molar-refractivity contribution in [1.82, 2.24) is 15.1 Å². The zero-order valence-electron chi connectivity index (χ0n) is 12.4. The molecule has 2 N–H and O–H groups in total. The molecule has 1 saturated heterocycles. The van der Waals surface area contributed by atoms with Gasteiger partial charge in [-0.3, -0.25) is 4.79 Å². The van der Waals surface area contributed by atoms with Crippen LogP contribution in [-0.4, -0.2) is 45.3 Å². The molecule has 1 atom stereocenters. The summed E-state index contributed by atoms with van der Waals surface area (Å²) in [5, 5.41) is 16.9. The van der Waals surface area contributed by atoms with E-state index in [2.05, 4.69) is 20.4 Å². The molecule has 8 nitrogen and oxygen atoms in total. The van der Waals surface area contributed by atoms with Gasteiger partial charge in [0.1, 0.15) is 4.88 Å². The Morgan fingerprint density at radius 1 is 1.50 bits per heavy atom. The van der Waals surface area contributed by atoms with Gasteiger partial charge in [-0.2, -0.15) is 4.98 Å². The van der Waals surface area contributed by atoms with E-state index >= 15 is 0 Å². The Hall–Kier alpha value is -2.00. The first-order chi connectivity index (χ1) is 10.5. The van der Waals surface area contributed by atoms with Crippen LogP contribution in [0.1, 0.15) is 25.5 Å². The molecule has 3 rings (SSSR count). The largest absolute Gasteiger partial charge is 0.391 e. The second-order valence-corrected chi connectivity index (χ2v) is 6.26. The van der Waals surface area contributed by atoms with Gasteiger partial charge in [0.25, 0.3) is 11.8 Å². The topological polar surface area (TPSA) is 104 Å². The summed E-state index contributed by atoms with van der Waals surface area (Å²) in [6.07, 6.45) is 1.35. The van der Waals surface area contributed by atoms with Crippen molar-refractivity contribution in [2.45, 2.75) is 32.8 Å². The number of β-amino-alcohol motifs (C(OH)–C–C–N with tert-alkyl or cyclic N) is 1. The lowest BCUT2D eigenvalue weighted by Gasteiger charge is -2.28. The maximum Gasteiger partial charge on any atom is 0.271 e. The number of anilines is 2. The highest BCUT2D eigenvalue weighted by atomic mass is 32.1. The number of nitrogens with one attached hydrogen (secondary N) is 1. The quantitative estimate of drug-likeness (QED) is 0.880. The standard InChI is InChI=1S/C13H17N5O3S/c1-7-10(22-13(14-7)15-8(2)19)11-16-12(17-21-11)18-5-3-4-9(20)6-18/h9,20H,3-6H2,1-2H3,(H,14,15,19)/t9-/m1/s1. The van der Waals surface area contributed by atoms with E-state index in [4.69, 9.17) is 4.52 Å². The van der Waals surface area contributed by atoms with Gasteiger partial charge in [0.2, 0.25) is 5.91 Å². The van der Waals surface area contributed by atoms with E-state index in [-0.39, 0.29) is 12.0 Å². The molecule has 22 heavy (non-hydrogen) atoms. The molecule has 118 valence electrons. The predicted molar refractivity (Wildman–Crippen MR) is 81.9 cm³/mol. The zero-order valence-corrected chi connectivity index (χ0v) is 13.2. The smallest absolute Gasteiger partial charge is 0.271 e. The third kappa shape index (κ3) is 3.09. The van der Waals surface area contributed by atoms with Gasteiger partial charge in [-0.1, -0.05) is 11.3 Å². The van der Waals surface area contributed by atoms with E-state index in [0.717, 1.165) is 30.0 Å². The fourth-order valence-electron chi connectivity index (χ4n) is 2.37. The third-order valence-electron chi connectivity index (χ3n) is 3.37. The van der Waals surface area contributed by atoms with Crippen LogP contribution in [0, 0.1) is 6.92 Å². The predicted octanol–water partition coefficient (Wildman–Crippen LogP) is 1.42. The number of amides is 1. The molecule has 1 amide bonds. The fraction of sp³-hybridized carbons (Fsp3) is 0.538. The summed E-state index contributed by atoms with van der Waals surface area (Å²) in [6.45, 7) is 4.57. The van der Waals surface area contributed by atoms with Crippen LogP contribution < -0.4 is 10.2 Å². The van der Waals surface area contributed by atoms with Crippen LogP contribution >= 0.6 is 11.3 Å². The minimum Gasteiger partial charge on any atom is -0.391 e. The summed E-state index contributed by atoms with van der Waals surface area (Å²) in [5.41, 5.74) is 0.725. The SMILES string of the molecule is CC(=O)Nc1nc(C)c(-c2nc(N3CCC[C@@H](O)C3)no2)s1. The number of piperidine rings is 1. The maximum atomic E-state index is 11.1. The number of nitrogens with zero attached hydrogens (tertiary/aromatic N) is 4. The summed E-state index contributed by atoms with van der Waals surface area (Å²) in [7, 11) is 0. The number of aromatic nitrogens is 3. The second kappa shape index (κ2) is 6.01. The molecule has 3 heterocycles. The number of carbonyl (C=O) groups is 1. The van der Waals surface area contributed by atoms with E-state index < -0.39 is 0 Å². The number of thiazole rings is 1. The lowest BCUT2D eigenvalue weighted by Crippen LogP contribution is -2.38. The second-order valence-electron chi connectivity index (χ2n) is 5.26. The van der Waals surface area contributed by atoms with Crippen molar-refractivity contribution in [1.29, 1.82) is 0 Å². The molecule has 2 aromatic heterocycles. The van der Waals surface area contributed by atoms with Crippen molar-refractivity contribution in [3.63, 3.8) is 0 Å². The monoisotopic (exact) mass is 323 g/mol. The molecule has 9 heteroatoms. The van der Waals surface area contributed by atoms with Gasteiger partial charge in [0.15, 0.2) is 5.13 Å². The van der Waals surface area contributed by atoms with Gasteiger partial charge < -0.3 is 19.8 Å². The lowest BCUT2D eigenvalue weighted by atomic mass is 10.1. The number of carbonyl (C=O) groups excluding carboxylic acids is 1. The Labute approximate surface area is 131 Å². The molecule has 1 aliphatic rings. The van der Waals surface area contributed by atoms with E-state index in [1.165, 1.54) is 18.3 Å². The van der Waals surface area contributed by atoms with Gasteiger partial charge in [-0.25, -0.2) is 4.98 Å². The molecule has 0 saturated carbocycles. The van der Waals surface area contributed by atoms with Gasteiger partial charge >= 0.3 is 0 Å². The molecule has 1 aliphatic heterocycles. The van der Waals surface area contributed by atoms with Crippen molar-refractivity contribution < 1.29 is 14.4 Å². The molecule has 0 radical (unpaired) electrons. The number of hydrogen-bond acceptors (Lipinski definition) is 8. The van der Waals surface area contributed by atoms with Crippen LogP contribution in [0.4, 0.5) is 11.1 Å². The van der Waals surface area contributed by atoms with Crippen molar-refractivity contribution >= 4 is 28.3 Å².